The van der Waals surface area contributed by atoms with Crippen LogP contribution in [0.1, 0.15) is 17.2 Å². The molecule has 0 saturated carbocycles. The molecule has 0 unspecified atom stereocenters. The molecule has 0 heterocycles. The van der Waals surface area contributed by atoms with Gasteiger partial charge in [-0.25, -0.2) is 0 Å². The molecule has 23 heavy (non-hydrogen) atoms. The van der Waals surface area contributed by atoms with Crippen LogP contribution < -0.4 is 15.2 Å². The first kappa shape index (κ1) is 18.9. The molecule has 0 saturated heterocycles. The van der Waals surface area contributed by atoms with Crippen LogP contribution in [0.4, 0.5) is 13.2 Å². The molecule has 3 N–H and O–H groups in total. The Hall–Kier alpha value is -2.12. The average Bonchev–Trinajstić information content (AvgIpc) is 2.46. The molecule has 2 aromatic carbocycles. The third kappa shape index (κ3) is 4.67. The lowest BCUT2D eigenvalue weighted by Gasteiger charge is -2.16. The molecular formula is C15H15ClF3NO3. The van der Waals surface area contributed by atoms with Crippen molar-refractivity contribution in [2.75, 3.05) is 7.11 Å². The molecule has 0 aliphatic rings. The Morgan fingerprint density at radius 2 is 1.70 bits per heavy atom. The highest BCUT2D eigenvalue weighted by Crippen LogP contribution is 2.35. The minimum Gasteiger partial charge on any atom is -0.504 e. The summed E-state index contributed by atoms with van der Waals surface area (Å²) in [7, 11) is 1.41. The Balaban J connectivity index is 0.00000264. The van der Waals surface area contributed by atoms with Gasteiger partial charge in [0.15, 0.2) is 11.5 Å². The van der Waals surface area contributed by atoms with Gasteiger partial charge in [0, 0.05) is 5.56 Å². The predicted molar refractivity (Wildman–Crippen MR) is 81.1 cm³/mol. The van der Waals surface area contributed by atoms with Gasteiger partial charge in [-0.15, -0.1) is 25.6 Å². The van der Waals surface area contributed by atoms with E-state index in [0.717, 1.165) is 0 Å². The monoisotopic (exact) mass is 349 g/mol. The molecule has 4 nitrogen and oxygen atoms in total. The van der Waals surface area contributed by atoms with Gasteiger partial charge in [-0.05, 0) is 23.8 Å². The summed E-state index contributed by atoms with van der Waals surface area (Å²) in [6.45, 7) is 0. The van der Waals surface area contributed by atoms with Crippen LogP contribution in [-0.4, -0.2) is 18.6 Å². The number of nitrogens with two attached hydrogens (primary N) is 1. The molecular weight excluding hydrogens is 335 g/mol. The van der Waals surface area contributed by atoms with Gasteiger partial charge in [0.25, 0.3) is 0 Å². The quantitative estimate of drug-likeness (QED) is 0.882. The van der Waals surface area contributed by atoms with E-state index in [1.165, 1.54) is 31.4 Å². The average molecular weight is 350 g/mol. The normalized spacial score (nSPS) is 12.2. The van der Waals surface area contributed by atoms with Crippen molar-refractivity contribution >= 4 is 12.4 Å². The zero-order chi connectivity index (χ0) is 16.3. The molecule has 126 valence electrons. The highest BCUT2D eigenvalue weighted by Gasteiger charge is 2.31. The maximum atomic E-state index is 12.1. The predicted octanol–water partition coefficient (Wildman–Crippen LogP) is 3.77. The number of methoxy groups -OCH3 is 1. The zero-order valence-corrected chi connectivity index (χ0v) is 12.8. The molecule has 0 aliphatic carbocycles. The summed E-state index contributed by atoms with van der Waals surface area (Å²) in [5.74, 6) is -0.170. The van der Waals surface area contributed by atoms with Crippen LogP contribution in [0.25, 0.3) is 0 Å². The van der Waals surface area contributed by atoms with Crippen LogP contribution in [0.3, 0.4) is 0 Å². The molecule has 0 bridgehead atoms. The SMILES string of the molecule is COc1cccc([C@@H](N)c2ccc(OC(F)(F)F)cc2)c1O.Cl. The number of phenols is 1. The number of benzene rings is 2. The minimum absolute atomic E-state index is 0. The van der Waals surface area contributed by atoms with Crippen molar-refractivity contribution in [1.82, 2.24) is 0 Å². The first-order valence-corrected chi connectivity index (χ1v) is 6.29. The van der Waals surface area contributed by atoms with E-state index in [-0.39, 0.29) is 29.7 Å². The van der Waals surface area contributed by atoms with E-state index in [2.05, 4.69) is 4.74 Å². The largest absolute Gasteiger partial charge is 0.573 e. The summed E-state index contributed by atoms with van der Waals surface area (Å²) < 4.78 is 45.1. The number of rotatable bonds is 4. The summed E-state index contributed by atoms with van der Waals surface area (Å²) in [5.41, 5.74) is 6.97. The van der Waals surface area contributed by atoms with Crippen LogP contribution >= 0.6 is 12.4 Å². The van der Waals surface area contributed by atoms with Gasteiger partial charge in [-0.2, -0.15) is 0 Å². The lowest BCUT2D eigenvalue weighted by atomic mass is 9.98. The molecule has 2 rings (SSSR count). The van der Waals surface area contributed by atoms with E-state index in [1.807, 2.05) is 0 Å². The van der Waals surface area contributed by atoms with Crippen LogP contribution in [0.15, 0.2) is 42.5 Å². The van der Waals surface area contributed by atoms with Crippen LogP contribution in [0.2, 0.25) is 0 Å². The number of para-hydroxylation sites is 1. The van der Waals surface area contributed by atoms with Crippen molar-refractivity contribution in [3.05, 3.63) is 53.6 Å². The maximum absolute atomic E-state index is 12.1. The van der Waals surface area contributed by atoms with Crippen molar-refractivity contribution in [2.24, 2.45) is 5.73 Å². The number of hydrogen-bond donors (Lipinski definition) is 2. The second kappa shape index (κ2) is 7.43. The Kier molecular flexibility index (Phi) is 6.12. The third-order valence-electron chi connectivity index (χ3n) is 3.06. The second-order valence-corrected chi connectivity index (χ2v) is 4.49. The van der Waals surface area contributed by atoms with Crippen molar-refractivity contribution < 1.29 is 27.8 Å². The number of phenolic OH excluding ortho intramolecular Hbond substituents is 1. The first-order valence-electron chi connectivity index (χ1n) is 6.29. The van der Waals surface area contributed by atoms with Crippen molar-refractivity contribution in [1.29, 1.82) is 0 Å². The number of ether oxygens (including phenoxy) is 2. The van der Waals surface area contributed by atoms with E-state index < -0.39 is 12.4 Å². The van der Waals surface area contributed by atoms with Crippen LogP contribution in [0.5, 0.6) is 17.2 Å². The minimum atomic E-state index is -4.74. The van der Waals surface area contributed by atoms with Crippen LogP contribution in [0, 0.1) is 0 Å². The van der Waals surface area contributed by atoms with E-state index in [0.29, 0.717) is 11.1 Å². The summed E-state index contributed by atoms with van der Waals surface area (Å²) in [6.07, 6.45) is -4.74. The molecule has 0 aromatic heterocycles. The van der Waals surface area contributed by atoms with Crippen molar-refractivity contribution in [3.8, 4) is 17.2 Å². The molecule has 0 amide bonds. The van der Waals surface area contributed by atoms with E-state index in [1.54, 1.807) is 18.2 Å². The van der Waals surface area contributed by atoms with E-state index in [4.69, 9.17) is 10.5 Å². The highest BCUT2D eigenvalue weighted by atomic mass is 35.5. The maximum Gasteiger partial charge on any atom is 0.573 e. The summed E-state index contributed by atoms with van der Waals surface area (Å²) in [5, 5.41) is 10.0. The summed E-state index contributed by atoms with van der Waals surface area (Å²) in [6, 6.07) is 9.29. The molecule has 0 spiro atoms. The number of alkyl halides is 3. The molecule has 0 aliphatic heterocycles. The molecule has 1 atom stereocenters. The van der Waals surface area contributed by atoms with Crippen molar-refractivity contribution in [3.63, 3.8) is 0 Å². The molecule has 0 radical (unpaired) electrons. The Bertz CT molecular complexity index is 647. The molecule has 8 heteroatoms. The fourth-order valence-electron chi connectivity index (χ4n) is 2.01. The fraction of sp³-hybridized carbons (Fsp3) is 0.200. The number of hydrogen-bond acceptors (Lipinski definition) is 4. The van der Waals surface area contributed by atoms with Gasteiger partial charge in [0.1, 0.15) is 5.75 Å². The lowest BCUT2D eigenvalue weighted by Crippen LogP contribution is -2.17. The van der Waals surface area contributed by atoms with Crippen LogP contribution in [-0.2, 0) is 0 Å². The first-order chi connectivity index (χ1) is 10.3. The molecule has 2 aromatic rings. The number of halogens is 4. The third-order valence-corrected chi connectivity index (χ3v) is 3.06. The van der Waals surface area contributed by atoms with Gasteiger partial charge in [-0.3, -0.25) is 0 Å². The van der Waals surface area contributed by atoms with Gasteiger partial charge in [0.05, 0.1) is 13.2 Å². The standard InChI is InChI=1S/C15H14F3NO3.ClH/c1-21-12-4-2-3-11(14(12)20)13(19)9-5-7-10(8-6-9)22-15(16,17)18;/h2-8,13,20H,19H2,1H3;1H/t13-;/m0./s1. The van der Waals surface area contributed by atoms with Gasteiger partial charge in [0.2, 0.25) is 0 Å². The fourth-order valence-corrected chi connectivity index (χ4v) is 2.01. The van der Waals surface area contributed by atoms with Gasteiger partial charge >= 0.3 is 6.36 Å². The Morgan fingerprint density at radius 1 is 1.09 bits per heavy atom. The topological polar surface area (TPSA) is 64.7 Å². The lowest BCUT2D eigenvalue weighted by molar-refractivity contribution is -0.274. The summed E-state index contributed by atoms with van der Waals surface area (Å²) >= 11 is 0. The summed E-state index contributed by atoms with van der Waals surface area (Å²) in [4.78, 5) is 0. The molecule has 0 fully saturated rings. The number of aromatic hydroxyl groups is 1. The highest BCUT2D eigenvalue weighted by molar-refractivity contribution is 5.85. The smallest absolute Gasteiger partial charge is 0.504 e. The second-order valence-electron chi connectivity index (χ2n) is 4.49. The zero-order valence-electron chi connectivity index (χ0n) is 12.0. The van der Waals surface area contributed by atoms with Gasteiger partial charge in [-0.1, -0.05) is 24.3 Å². The Morgan fingerprint density at radius 3 is 2.22 bits per heavy atom. The van der Waals surface area contributed by atoms with E-state index >= 15 is 0 Å². The van der Waals surface area contributed by atoms with Crippen molar-refractivity contribution in [2.45, 2.75) is 12.4 Å². The van der Waals surface area contributed by atoms with E-state index in [9.17, 15) is 18.3 Å². The Labute approximate surface area is 137 Å². The van der Waals surface area contributed by atoms with Gasteiger partial charge < -0.3 is 20.3 Å².